The topological polar surface area (TPSA) is 73.1 Å². The summed E-state index contributed by atoms with van der Waals surface area (Å²) < 4.78 is 5.71. The molecule has 2 rings (SSSR count). The number of anilines is 2. The number of nitrogens with one attached hydrogen (secondary N) is 1. The molecule has 0 amide bonds. The van der Waals surface area contributed by atoms with Gasteiger partial charge in [-0.05, 0) is 26.0 Å². The molecule has 0 atom stereocenters. The minimum absolute atomic E-state index is 0.378. The first-order valence-corrected chi connectivity index (χ1v) is 6.95. The summed E-state index contributed by atoms with van der Waals surface area (Å²) in [5.41, 5.74) is 6.43. The number of hydrogen-bond acceptors (Lipinski definition) is 6. The van der Waals surface area contributed by atoms with E-state index in [1.54, 1.807) is 0 Å². The highest BCUT2D eigenvalue weighted by Gasteiger charge is 2.41. The molecular formula is C11H18N4OS. The monoisotopic (exact) mass is 254 g/mol. The number of nitrogen functional groups attached to an aromatic ring is 1. The van der Waals surface area contributed by atoms with Gasteiger partial charge in [0, 0.05) is 11.3 Å². The smallest absolute Gasteiger partial charge is 0.242 e. The third-order valence-electron chi connectivity index (χ3n) is 2.95. The Morgan fingerprint density at radius 2 is 2.29 bits per heavy atom. The molecule has 17 heavy (non-hydrogen) atoms. The van der Waals surface area contributed by atoms with E-state index in [4.69, 9.17) is 10.5 Å². The van der Waals surface area contributed by atoms with Gasteiger partial charge in [0.05, 0.1) is 6.61 Å². The normalized spacial score (nSPS) is 16.6. The minimum Gasteiger partial charge on any atom is -0.476 e. The van der Waals surface area contributed by atoms with Gasteiger partial charge in [-0.25, -0.2) is 4.98 Å². The number of nitrogens with zero attached hydrogens (tertiary/aromatic N) is 2. The number of nitrogens with two attached hydrogens (primary N) is 1. The van der Waals surface area contributed by atoms with Crippen LogP contribution in [0.15, 0.2) is 6.33 Å². The zero-order valence-electron chi connectivity index (χ0n) is 10.2. The van der Waals surface area contributed by atoms with Gasteiger partial charge in [-0.15, -0.1) is 0 Å². The van der Waals surface area contributed by atoms with E-state index in [9.17, 15) is 0 Å². The van der Waals surface area contributed by atoms with Crippen LogP contribution in [-0.2, 0) is 0 Å². The SMILES string of the molecule is CCOc1ncnc(NCC2(SC)CC2)c1N. The van der Waals surface area contributed by atoms with Gasteiger partial charge >= 0.3 is 0 Å². The Bertz CT molecular complexity index is 395. The van der Waals surface area contributed by atoms with Gasteiger partial charge in [0.1, 0.15) is 12.0 Å². The van der Waals surface area contributed by atoms with Crippen molar-refractivity contribution in [1.82, 2.24) is 9.97 Å². The fourth-order valence-corrected chi connectivity index (χ4v) is 2.34. The van der Waals surface area contributed by atoms with Crippen LogP contribution in [0.3, 0.4) is 0 Å². The van der Waals surface area contributed by atoms with Crippen LogP contribution in [0.1, 0.15) is 19.8 Å². The standard InChI is InChI=1S/C11H18N4OS/c1-3-16-10-8(12)9(14-7-15-10)13-6-11(17-2)4-5-11/h7H,3-6,12H2,1-2H3,(H,13,14,15). The number of thioether (sulfide) groups is 1. The van der Waals surface area contributed by atoms with Gasteiger partial charge < -0.3 is 15.8 Å². The lowest BCUT2D eigenvalue weighted by molar-refractivity contribution is 0.328. The van der Waals surface area contributed by atoms with E-state index in [2.05, 4.69) is 21.5 Å². The molecule has 1 aromatic rings. The van der Waals surface area contributed by atoms with E-state index < -0.39 is 0 Å². The lowest BCUT2D eigenvalue weighted by atomic mass is 10.4. The second kappa shape index (κ2) is 5.00. The van der Waals surface area contributed by atoms with E-state index in [1.807, 2.05) is 18.7 Å². The largest absolute Gasteiger partial charge is 0.476 e. The van der Waals surface area contributed by atoms with Crippen molar-refractivity contribution in [1.29, 1.82) is 0 Å². The highest BCUT2D eigenvalue weighted by Crippen LogP contribution is 2.47. The van der Waals surface area contributed by atoms with Crippen LogP contribution < -0.4 is 15.8 Å². The van der Waals surface area contributed by atoms with Crippen molar-refractivity contribution in [2.45, 2.75) is 24.5 Å². The van der Waals surface area contributed by atoms with Crippen molar-refractivity contribution < 1.29 is 4.74 Å². The third kappa shape index (κ3) is 2.74. The molecule has 1 aromatic heterocycles. The maximum Gasteiger partial charge on any atom is 0.242 e. The molecule has 1 fully saturated rings. The summed E-state index contributed by atoms with van der Waals surface area (Å²) in [5, 5.41) is 3.29. The van der Waals surface area contributed by atoms with Crippen LogP contribution >= 0.6 is 11.8 Å². The predicted octanol–water partition coefficient (Wildman–Crippen LogP) is 1.76. The second-order valence-electron chi connectivity index (χ2n) is 4.11. The van der Waals surface area contributed by atoms with Crippen LogP contribution in [0.2, 0.25) is 0 Å². The van der Waals surface area contributed by atoms with Crippen molar-refractivity contribution in [3.63, 3.8) is 0 Å². The Hall–Kier alpha value is -1.17. The molecule has 0 aromatic carbocycles. The van der Waals surface area contributed by atoms with Crippen molar-refractivity contribution in [3.05, 3.63) is 6.33 Å². The van der Waals surface area contributed by atoms with Crippen LogP contribution in [0, 0.1) is 0 Å². The molecule has 3 N–H and O–H groups in total. The van der Waals surface area contributed by atoms with Crippen molar-refractivity contribution in [2.75, 3.05) is 30.5 Å². The maximum atomic E-state index is 5.94. The van der Waals surface area contributed by atoms with Gasteiger partial charge in [0.25, 0.3) is 0 Å². The van der Waals surface area contributed by atoms with Crippen LogP contribution in [0.5, 0.6) is 5.88 Å². The number of rotatable bonds is 6. The second-order valence-corrected chi connectivity index (χ2v) is 5.39. The summed E-state index contributed by atoms with van der Waals surface area (Å²) in [7, 11) is 0. The fraction of sp³-hybridized carbons (Fsp3) is 0.636. The van der Waals surface area contributed by atoms with E-state index in [0.29, 0.717) is 28.7 Å². The molecule has 0 spiro atoms. The molecular weight excluding hydrogens is 236 g/mol. The summed E-state index contributed by atoms with van der Waals surface area (Å²) in [6.45, 7) is 3.35. The van der Waals surface area contributed by atoms with E-state index in [0.717, 1.165) is 6.54 Å². The maximum absolute atomic E-state index is 5.94. The zero-order valence-corrected chi connectivity index (χ0v) is 11.0. The molecule has 0 unspecified atom stereocenters. The van der Waals surface area contributed by atoms with Gasteiger partial charge in [0.2, 0.25) is 5.88 Å². The lowest BCUT2D eigenvalue weighted by Gasteiger charge is -2.15. The molecule has 1 heterocycles. The molecule has 0 bridgehead atoms. The van der Waals surface area contributed by atoms with Crippen LogP contribution in [-0.4, -0.2) is 34.1 Å². The average molecular weight is 254 g/mol. The summed E-state index contributed by atoms with van der Waals surface area (Å²) in [4.78, 5) is 8.16. The zero-order chi connectivity index (χ0) is 12.3. The Morgan fingerprint density at radius 3 is 2.88 bits per heavy atom. The first-order valence-electron chi connectivity index (χ1n) is 5.73. The average Bonchev–Trinajstić information content (AvgIpc) is 3.11. The van der Waals surface area contributed by atoms with Crippen molar-refractivity contribution in [3.8, 4) is 5.88 Å². The Morgan fingerprint density at radius 1 is 1.53 bits per heavy atom. The molecule has 0 aliphatic heterocycles. The van der Waals surface area contributed by atoms with E-state index in [1.165, 1.54) is 19.2 Å². The quantitative estimate of drug-likeness (QED) is 0.806. The van der Waals surface area contributed by atoms with Gasteiger partial charge in [-0.3, -0.25) is 0 Å². The van der Waals surface area contributed by atoms with Gasteiger partial charge in [0.15, 0.2) is 5.82 Å². The predicted molar refractivity (Wildman–Crippen MR) is 71.6 cm³/mol. The summed E-state index contributed by atoms with van der Waals surface area (Å²) in [6, 6.07) is 0. The van der Waals surface area contributed by atoms with Gasteiger partial charge in [-0.2, -0.15) is 16.7 Å². The Kier molecular flexibility index (Phi) is 3.61. The highest BCUT2D eigenvalue weighted by atomic mass is 32.2. The molecule has 6 heteroatoms. The molecule has 1 aliphatic carbocycles. The third-order valence-corrected chi connectivity index (χ3v) is 4.37. The first kappa shape index (κ1) is 12.3. The molecule has 1 aliphatic rings. The number of ether oxygens (including phenoxy) is 1. The molecule has 0 saturated heterocycles. The van der Waals surface area contributed by atoms with Crippen LogP contribution in [0.4, 0.5) is 11.5 Å². The number of hydrogen-bond donors (Lipinski definition) is 2. The lowest BCUT2D eigenvalue weighted by Crippen LogP contribution is -2.19. The summed E-state index contributed by atoms with van der Waals surface area (Å²) in [5.74, 6) is 1.13. The number of aromatic nitrogens is 2. The summed E-state index contributed by atoms with van der Waals surface area (Å²) in [6.07, 6.45) is 6.13. The van der Waals surface area contributed by atoms with Crippen LogP contribution in [0.25, 0.3) is 0 Å². The van der Waals surface area contributed by atoms with E-state index >= 15 is 0 Å². The van der Waals surface area contributed by atoms with Gasteiger partial charge in [-0.1, -0.05) is 0 Å². The van der Waals surface area contributed by atoms with E-state index in [-0.39, 0.29) is 0 Å². The first-order chi connectivity index (χ1) is 8.21. The Balaban J connectivity index is 2.03. The van der Waals surface area contributed by atoms with Crippen molar-refractivity contribution in [2.24, 2.45) is 0 Å². The fourth-order valence-electron chi connectivity index (χ4n) is 1.61. The minimum atomic E-state index is 0.378. The molecule has 1 saturated carbocycles. The molecule has 94 valence electrons. The summed E-state index contributed by atoms with van der Waals surface area (Å²) >= 11 is 1.90. The molecule has 0 radical (unpaired) electrons. The highest BCUT2D eigenvalue weighted by molar-refractivity contribution is 8.00. The Labute approximate surface area is 106 Å². The van der Waals surface area contributed by atoms with Crippen molar-refractivity contribution >= 4 is 23.3 Å². The molecule has 5 nitrogen and oxygen atoms in total.